The summed E-state index contributed by atoms with van der Waals surface area (Å²) in [6.45, 7) is 4.77. The minimum atomic E-state index is -0.182. The molecule has 0 saturated heterocycles. The number of fused-ring (bicyclic) bond motifs is 8. The Morgan fingerprint density at radius 1 is 0.393 bits per heavy atom. The van der Waals surface area contributed by atoms with Crippen LogP contribution in [-0.4, -0.2) is 4.57 Å². The Morgan fingerprint density at radius 3 is 1.80 bits per heavy atom. The summed E-state index contributed by atoms with van der Waals surface area (Å²) in [5.74, 6) is 0. The van der Waals surface area contributed by atoms with Gasteiger partial charge in [0.05, 0.1) is 16.7 Å². The molecule has 0 radical (unpaired) electrons. The summed E-state index contributed by atoms with van der Waals surface area (Å²) in [4.78, 5) is 2.55. The second-order valence-electron chi connectivity index (χ2n) is 16.9. The number of anilines is 3. The van der Waals surface area contributed by atoms with Crippen LogP contribution in [0.1, 0.15) is 25.0 Å². The number of nitrogens with zero attached hydrogens (tertiary/aromatic N) is 2. The van der Waals surface area contributed by atoms with E-state index in [1.807, 2.05) is 0 Å². The van der Waals surface area contributed by atoms with Crippen LogP contribution < -0.4 is 4.90 Å². The number of para-hydroxylation sites is 2. The van der Waals surface area contributed by atoms with E-state index in [1.54, 1.807) is 0 Å². The predicted molar refractivity (Wildman–Crippen MR) is 259 cm³/mol. The molecule has 0 bridgehead atoms. The first-order valence-corrected chi connectivity index (χ1v) is 21.3. The van der Waals surface area contributed by atoms with Crippen LogP contribution in [0, 0.1) is 0 Å². The molecule has 1 heterocycles. The lowest BCUT2D eigenvalue weighted by molar-refractivity contribution is 0.661. The fourth-order valence-corrected chi connectivity index (χ4v) is 10.3. The van der Waals surface area contributed by atoms with Crippen molar-refractivity contribution in [2.24, 2.45) is 0 Å². The third kappa shape index (κ3) is 5.42. The Labute approximate surface area is 356 Å². The molecule has 0 saturated carbocycles. The van der Waals surface area contributed by atoms with Gasteiger partial charge in [0, 0.05) is 44.2 Å². The molecule has 0 N–H and O–H groups in total. The van der Waals surface area contributed by atoms with E-state index in [1.165, 1.54) is 93.5 Å². The summed E-state index contributed by atoms with van der Waals surface area (Å²) in [5, 5.41) is 7.42. The largest absolute Gasteiger partial charge is 0.309 e. The van der Waals surface area contributed by atoms with E-state index in [9.17, 15) is 0 Å². The maximum atomic E-state index is 2.55. The zero-order valence-corrected chi connectivity index (χ0v) is 34.2. The molecule has 10 aromatic carbocycles. The Morgan fingerprint density at radius 2 is 0.984 bits per heavy atom. The first-order valence-electron chi connectivity index (χ1n) is 21.3. The molecular weight excluding hydrogens is 737 g/mol. The van der Waals surface area contributed by atoms with Crippen molar-refractivity contribution < 1.29 is 0 Å². The van der Waals surface area contributed by atoms with Gasteiger partial charge in [-0.25, -0.2) is 0 Å². The molecule has 12 rings (SSSR count). The van der Waals surface area contributed by atoms with Crippen LogP contribution in [0.4, 0.5) is 17.1 Å². The van der Waals surface area contributed by atoms with Gasteiger partial charge in [0.25, 0.3) is 0 Å². The highest BCUT2D eigenvalue weighted by Crippen LogP contribution is 2.57. The highest BCUT2D eigenvalue weighted by molar-refractivity contribution is 6.13. The fraction of sp³-hybridized carbons (Fsp3) is 0.0508. The van der Waals surface area contributed by atoms with Crippen molar-refractivity contribution in [2.75, 3.05) is 4.90 Å². The monoisotopic (exact) mass is 778 g/mol. The Hall–Kier alpha value is -7.68. The number of rotatable bonds is 6. The number of hydrogen-bond donors (Lipinski definition) is 0. The standard InChI is InChI=1S/C59H42N2/c1-59(2)52-32-13-11-29-51(52)57-53(59)37-42-20-9-10-27-48(42)58(57)60(45-34-35-50-49-28-12-14-33-54(49)61(55(50)38-45)43-24-7-4-8-25-43)44-26-15-23-41(36-44)47-31-17-22-40-21-16-30-46(56(40)47)39-18-5-3-6-19-39/h3-38H,1-2H3. The van der Waals surface area contributed by atoms with Gasteiger partial charge in [-0.2, -0.15) is 0 Å². The Balaban J connectivity index is 1.18. The number of benzene rings is 10. The Kier molecular flexibility index (Phi) is 7.92. The lowest BCUT2D eigenvalue weighted by Gasteiger charge is -2.31. The molecule has 0 aliphatic heterocycles. The lowest BCUT2D eigenvalue weighted by Crippen LogP contribution is -2.16. The highest BCUT2D eigenvalue weighted by Gasteiger charge is 2.39. The molecule has 61 heavy (non-hydrogen) atoms. The van der Waals surface area contributed by atoms with Gasteiger partial charge in [-0.15, -0.1) is 0 Å². The van der Waals surface area contributed by atoms with Gasteiger partial charge in [-0.3, -0.25) is 0 Å². The van der Waals surface area contributed by atoms with E-state index < -0.39 is 0 Å². The summed E-state index contributed by atoms with van der Waals surface area (Å²) in [6, 6.07) is 80.5. The summed E-state index contributed by atoms with van der Waals surface area (Å²) >= 11 is 0. The molecule has 2 nitrogen and oxygen atoms in total. The third-order valence-corrected chi connectivity index (χ3v) is 13.1. The zero-order chi connectivity index (χ0) is 40.7. The Bertz CT molecular complexity index is 3500. The van der Waals surface area contributed by atoms with Crippen LogP contribution >= 0.6 is 0 Å². The molecular formula is C59H42N2. The average molecular weight is 779 g/mol. The second kappa shape index (κ2) is 13.7. The molecule has 2 heteroatoms. The van der Waals surface area contributed by atoms with Gasteiger partial charge in [0.15, 0.2) is 0 Å². The van der Waals surface area contributed by atoms with E-state index in [0.717, 1.165) is 17.1 Å². The molecule has 11 aromatic rings. The van der Waals surface area contributed by atoms with Crippen LogP contribution in [0.3, 0.4) is 0 Å². The SMILES string of the molecule is CC1(C)c2ccccc2-c2c1cc1ccccc1c2N(c1cccc(-c2cccc3cccc(-c4ccccc4)c23)c1)c1ccc2c3ccccc3n(-c3ccccc3)c2c1. The van der Waals surface area contributed by atoms with Gasteiger partial charge in [-0.1, -0.05) is 184 Å². The normalized spacial score (nSPS) is 12.9. The minimum absolute atomic E-state index is 0.182. The quantitative estimate of drug-likeness (QED) is 0.163. The van der Waals surface area contributed by atoms with E-state index in [-0.39, 0.29) is 5.41 Å². The van der Waals surface area contributed by atoms with E-state index >= 15 is 0 Å². The second-order valence-corrected chi connectivity index (χ2v) is 16.9. The summed E-state index contributed by atoms with van der Waals surface area (Å²) in [6.07, 6.45) is 0. The van der Waals surface area contributed by atoms with E-state index in [0.29, 0.717) is 0 Å². The van der Waals surface area contributed by atoms with Crippen molar-refractivity contribution in [1.29, 1.82) is 0 Å². The summed E-state index contributed by atoms with van der Waals surface area (Å²) in [7, 11) is 0. The van der Waals surface area contributed by atoms with Gasteiger partial charge in [0.1, 0.15) is 0 Å². The maximum absolute atomic E-state index is 2.55. The molecule has 288 valence electrons. The van der Waals surface area contributed by atoms with Crippen molar-refractivity contribution in [2.45, 2.75) is 19.3 Å². The number of aromatic nitrogens is 1. The summed E-state index contributed by atoms with van der Waals surface area (Å²) < 4.78 is 2.43. The highest BCUT2D eigenvalue weighted by atomic mass is 15.2. The molecule has 0 atom stereocenters. The average Bonchev–Trinajstić information content (AvgIpc) is 3.76. The minimum Gasteiger partial charge on any atom is -0.309 e. The van der Waals surface area contributed by atoms with E-state index in [2.05, 4.69) is 242 Å². The van der Waals surface area contributed by atoms with E-state index in [4.69, 9.17) is 0 Å². The first kappa shape index (κ1) is 35.3. The third-order valence-electron chi connectivity index (χ3n) is 13.1. The van der Waals surface area contributed by atoms with Gasteiger partial charge < -0.3 is 9.47 Å². The van der Waals surface area contributed by atoms with Crippen LogP contribution in [0.5, 0.6) is 0 Å². The van der Waals surface area contributed by atoms with Gasteiger partial charge in [0.2, 0.25) is 0 Å². The maximum Gasteiger partial charge on any atom is 0.0621 e. The van der Waals surface area contributed by atoms with Crippen molar-refractivity contribution in [3.63, 3.8) is 0 Å². The van der Waals surface area contributed by atoms with Crippen LogP contribution in [0.25, 0.3) is 82.4 Å². The van der Waals surface area contributed by atoms with Crippen molar-refractivity contribution >= 4 is 60.4 Å². The van der Waals surface area contributed by atoms with Crippen molar-refractivity contribution in [1.82, 2.24) is 4.57 Å². The topological polar surface area (TPSA) is 8.17 Å². The summed E-state index contributed by atoms with van der Waals surface area (Å²) in [5.41, 5.74) is 16.9. The van der Waals surface area contributed by atoms with Gasteiger partial charge in [-0.05, 0) is 104 Å². The molecule has 0 fully saturated rings. The van der Waals surface area contributed by atoms with Crippen LogP contribution in [0.2, 0.25) is 0 Å². The molecule has 1 aliphatic carbocycles. The van der Waals surface area contributed by atoms with Gasteiger partial charge >= 0.3 is 0 Å². The van der Waals surface area contributed by atoms with Crippen molar-refractivity contribution in [3.8, 4) is 39.1 Å². The molecule has 0 unspecified atom stereocenters. The predicted octanol–water partition coefficient (Wildman–Crippen LogP) is 16.2. The van der Waals surface area contributed by atoms with Crippen LogP contribution in [0.15, 0.2) is 218 Å². The molecule has 1 aromatic heterocycles. The molecule has 0 spiro atoms. The molecule has 0 amide bonds. The zero-order valence-electron chi connectivity index (χ0n) is 34.2. The first-order chi connectivity index (χ1) is 30.0. The molecule has 1 aliphatic rings. The fourth-order valence-electron chi connectivity index (χ4n) is 10.3. The number of hydrogen-bond acceptors (Lipinski definition) is 1. The lowest BCUT2D eigenvalue weighted by atomic mass is 9.81. The smallest absolute Gasteiger partial charge is 0.0621 e. The van der Waals surface area contributed by atoms with Crippen LogP contribution in [-0.2, 0) is 5.41 Å². The van der Waals surface area contributed by atoms with Crippen molar-refractivity contribution in [3.05, 3.63) is 230 Å².